The minimum absolute atomic E-state index is 0. The highest BCUT2D eigenvalue weighted by Gasteiger charge is 2.21. The van der Waals surface area contributed by atoms with Gasteiger partial charge in [0.05, 0.1) is 19.3 Å². The maximum Gasteiger partial charge on any atom is 0.194 e. The number of benzene rings is 1. The molecule has 2 N–H and O–H groups in total. The van der Waals surface area contributed by atoms with Crippen LogP contribution in [0.1, 0.15) is 25.3 Å². The second kappa shape index (κ2) is 11.6. The van der Waals surface area contributed by atoms with Gasteiger partial charge in [0.25, 0.3) is 0 Å². The Morgan fingerprint density at radius 3 is 2.68 bits per heavy atom. The normalized spacial score (nSPS) is 15.4. The highest BCUT2D eigenvalue weighted by atomic mass is 127. The van der Waals surface area contributed by atoms with E-state index in [0.717, 1.165) is 18.7 Å². The highest BCUT2D eigenvalue weighted by molar-refractivity contribution is 14.0. The van der Waals surface area contributed by atoms with Gasteiger partial charge in [-0.25, -0.2) is 4.39 Å². The van der Waals surface area contributed by atoms with Gasteiger partial charge in [0.2, 0.25) is 0 Å². The van der Waals surface area contributed by atoms with Crippen molar-refractivity contribution in [2.24, 2.45) is 10.9 Å². The number of nitrogens with one attached hydrogen (secondary N) is 1. The average Bonchev–Trinajstić information content (AvgIpc) is 3.37. The molecule has 0 spiro atoms. The summed E-state index contributed by atoms with van der Waals surface area (Å²) in [6.45, 7) is 4.70. The van der Waals surface area contributed by atoms with Crippen molar-refractivity contribution in [3.8, 4) is 0 Å². The third kappa shape index (κ3) is 8.82. The van der Waals surface area contributed by atoms with E-state index in [0.29, 0.717) is 31.6 Å². The van der Waals surface area contributed by atoms with Crippen LogP contribution in [0.4, 0.5) is 4.39 Å². The smallest absolute Gasteiger partial charge is 0.194 e. The van der Waals surface area contributed by atoms with Crippen LogP contribution in [-0.2, 0) is 11.3 Å². The number of halogens is 2. The summed E-state index contributed by atoms with van der Waals surface area (Å²) in [5, 5.41) is 13.2. The largest absolute Gasteiger partial charge is 0.389 e. The Morgan fingerprint density at radius 2 is 2.08 bits per heavy atom. The summed E-state index contributed by atoms with van der Waals surface area (Å²) in [6.07, 6.45) is 1.89. The van der Waals surface area contributed by atoms with Crippen molar-refractivity contribution in [3.05, 3.63) is 35.6 Å². The number of aliphatic imine (C=N–C) groups is 1. The summed E-state index contributed by atoms with van der Waals surface area (Å²) in [7, 11) is 1.92. The van der Waals surface area contributed by atoms with Crippen LogP contribution in [0.3, 0.4) is 0 Å². The lowest BCUT2D eigenvalue weighted by molar-refractivity contribution is 0.0367. The first-order valence-electron chi connectivity index (χ1n) is 8.58. The van der Waals surface area contributed by atoms with E-state index in [9.17, 15) is 9.50 Å². The van der Waals surface area contributed by atoms with Crippen molar-refractivity contribution >= 4 is 29.9 Å². The number of aliphatic hydroxyl groups is 1. The molecule has 1 atom stereocenters. The van der Waals surface area contributed by atoms with Gasteiger partial charge < -0.3 is 20.1 Å². The summed E-state index contributed by atoms with van der Waals surface area (Å²) < 4.78 is 18.5. The minimum atomic E-state index is -0.600. The van der Waals surface area contributed by atoms with Crippen LogP contribution in [0.2, 0.25) is 0 Å². The third-order valence-electron chi connectivity index (χ3n) is 3.84. The van der Waals surface area contributed by atoms with E-state index in [1.165, 1.54) is 25.0 Å². The molecule has 0 radical (unpaired) electrons. The fourth-order valence-electron chi connectivity index (χ4n) is 2.31. The van der Waals surface area contributed by atoms with E-state index >= 15 is 0 Å². The number of rotatable bonds is 9. The quantitative estimate of drug-likeness (QED) is 0.335. The second-order valence-corrected chi connectivity index (χ2v) is 6.31. The van der Waals surface area contributed by atoms with Crippen LogP contribution in [0.5, 0.6) is 0 Å². The fraction of sp³-hybridized carbons (Fsp3) is 0.611. The molecule has 0 aromatic heterocycles. The standard InChI is InChI=1S/C18H28FN3O2.HI/c1-3-20-18(21-10-17(23)13-24-12-15-4-5-15)22(2)11-14-6-8-16(19)9-7-14;/h6-9,15,17,23H,3-5,10-13H2,1-2H3,(H,20,21);1H. The first-order chi connectivity index (χ1) is 11.6. The Balaban J connectivity index is 0.00000312. The van der Waals surface area contributed by atoms with Gasteiger partial charge in [-0.3, -0.25) is 4.99 Å². The predicted octanol–water partition coefficient (Wildman–Crippen LogP) is 2.63. The van der Waals surface area contributed by atoms with Crippen LogP contribution in [-0.4, -0.2) is 55.4 Å². The Hall–Kier alpha value is -0.930. The zero-order chi connectivity index (χ0) is 17.4. The molecule has 1 saturated carbocycles. The van der Waals surface area contributed by atoms with Gasteiger partial charge in [0, 0.05) is 26.7 Å². The molecule has 1 aliphatic carbocycles. The minimum Gasteiger partial charge on any atom is -0.389 e. The molecular weight excluding hydrogens is 436 g/mol. The molecule has 1 aromatic rings. The van der Waals surface area contributed by atoms with E-state index < -0.39 is 6.10 Å². The van der Waals surface area contributed by atoms with Crippen molar-refractivity contribution in [2.75, 3.05) is 33.4 Å². The Labute approximate surface area is 166 Å². The SMILES string of the molecule is CCNC(=NCC(O)COCC1CC1)N(C)Cc1ccc(F)cc1.I. The monoisotopic (exact) mass is 465 g/mol. The van der Waals surface area contributed by atoms with Crippen molar-refractivity contribution in [1.29, 1.82) is 0 Å². The third-order valence-corrected chi connectivity index (χ3v) is 3.84. The maximum atomic E-state index is 13.0. The topological polar surface area (TPSA) is 57.1 Å². The Kier molecular flexibility index (Phi) is 10.3. The number of hydrogen-bond donors (Lipinski definition) is 2. The molecular formula is C18H29FIN3O2. The van der Waals surface area contributed by atoms with Gasteiger partial charge in [0.1, 0.15) is 5.82 Å². The van der Waals surface area contributed by atoms with Crippen LogP contribution in [0.25, 0.3) is 0 Å². The van der Waals surface area contributed by atoms with Crippen LogP contribution in [0, 0.1) is 11.7 Å². The highest BCUT2D eigenvalue weighted by Crippen LogP contribution is 2.28. The summed E-state index contributed by atoms with van der Waals surface area (Å²) in [4.78, 5) is 6.42. The van der Waals surface area contributed by atoms with Gasteiger partial charge in [0.15, 0.2) is 5.96 Å². The van der Waals surface area contributed by atoms with Gasteiger partial charge >= 0.3 is 0 Å². The van der Waals surface area contributed by atoms with Crippen LogP contribution >= 0.6 is 24.0 Å². The molecule has 0 aliphatic heterocycles. The summed E-state index contributed by atoms with van der Waals surface area (Å²) in [6, 6.07) is 6.42. The van der Waals surface area contributed by atoms with Gasteiger partial charge in [-0.1, -0.05) is 12.1 Å². The zero-order valence-corrected chi connectivity index (χ0v) is 17.3. The Morgan fingerprint density at radius 1 is 1.40 bits per heavy atom. The molecule has 5 nitrogen and oxygen atoms in total. The summed E-state index contributed by atoms with van der Waals surface area (Å²) >= 11 is 0. The molecule has 1 aromatic carbocycles. The second-order valence-electron chi connectivity index (χ2n) is 6.31. The summed E-state index contributed by atoms with van der Waals surface area (Å²) in [5.41, 5.74) is 0.998. The number of nitrogens with zero attached hydrogens (tertiary/aromatic N) is 2. The number of ether oxygens (including phenoxy) is 1. The van der Waals surface area contributed by atoms with Crippen molar-refractivity contribution < 1.29 is 14.2 Å². The molecule has 0 amide bonds. The van der Waals surface area contributed by atoms with Gasteiger partial charge in [-0.05, 0) is 43.4 Å². The maximum absolute atomic E-state index is 13.0. The molecule has 7 heteroatoms. The lowest BCUT2D eigenvalue weighted by Gasteiger charge is -2.22. The molecule has 25 heavy (non-hydrogen) atoms. The van der Waals surface area contributed by atoms with Crippen LogP contribution < -0.4 is 5.32 Å². The van der Waals surface area contributed by atoms with E-state index in [2.05, 4.69) is 10.3 Å². The van der Waals surface area contributed by atoms with E-state index in [-0.39, 0.29) is 29.8 Å². The number of aliphatic hydroxyl groups excluding tert-OH is 1. The number of guanidine groups is 1. The molecule has 142 valence electrons. The fourth-order valence-corrected chi connectivity index (χ4v) is 2.31. The predicted molar refractivity (Wildman–Crippen MR) is 109 cm³/mol. The van der Waals surface area contributed by atoms with E-state index in [4.69, 9.17) is 4.74 Å². The first-order valence-corrected chi connectivity index (χ1v) is 8.58. The summed E-state index contributed by atoms with van der Waals surface area (Å²) in [5.74, 6) is 1.17. The molecule has 1 fully saturated rings. The van der Waals surface area contributed by atoms with E-state index in [1.54, 1.807) is 12.1 Å². The van der Waals surface area contributed by atoms with Crippen molar-refractivity contribution in [1.82, 2.24) is 10.2 Å². The zero-order valence-electron chi connectivity index (χ0n) is 14.9. The molecule has 0 saturated heterocycles. The first kappa shape index (κ1) is 22.1. The van der Waals surface area contributed by atoms with Gasteiger partial charge in [-0.2, -0.15) is 0 Å². The molecule has 2 rings (SSSR count). The lowest BCUT2D eigenvalue weighted by Crippen LogP contribution is -2.39. The average molecular weight is 465 g/mol. The van der Waals surface area contributed by atoms with Gasteiger partial charge in [-0.15, -0.1) is 24.0 Å². The van der Waals surface area contributed by atoms with Crippen LogP contribution in [0.15, 0.2) is 29.3 Å². The molecule has 1 aliphatic rings. The molecule has 0 bridgehead atoms. The van der Waals surface area contributed by atoms with Crippen molar-refractivity contribution in [2.45, 2.75) is 32.4 Å². The molecule has 1 unspecified atom stereocenters. The number of hydrogen-bond acceptors (Lipinski definition) is 3. The Bertz CT molecular complexity index is 524. The van der Waals surface area contributed by atoms with Crippen molar-refractivity contribution in [3.63, 3.8) is 0 Å². The lowest BCUT2D eigenvalue weighted by atomic mass is 10.2. The molecule has 0 heterocycles. The van der Waals surface area contributed by atoms with E-state index in [1.807, 2.05) is 18.9 Å².